The smallest absolute Gasteiger partial charge is 0.137 e. The minimum atomic E-state index is -1.58. The number of aliphatic carboxylic acids is 1. The second-order valence-electron chi connectivity index (χ2n) is 6.08. The number of rotatable bonds is 2. The first-order valence-corrected chi connectivity index (χ1v) is 5.89. The number of β-amino-alcohol motifs (C(OH)–C–C–N with tert-alkyl or cyclic N) is 1. The second-order valence-corrected chi connectivity index (χ2v) is 6.08. The van der Waals surface area contributed by atoms with Crippen LogP contribution in [0.3, 0.4) is 0 Å². The van der Waals surface area contributed by atoms with Gasteiger partial charge in [0.1, 0.15) is 6.09 Å². The summed E-state index contributed by atoms with van der Waals surface area (Å²) < 4.78 is 0. The third kappa shape index (κ3) is 2.16. The molecule has 0 aliphatic carbocycles. The van der Waals surface area contributed by atoms with Crippen molar-refractivity contribution >= 4 is 12.1 Å². The maximum Gasteiger partial charge on any atom is 0.137 e. The highest BCUT2D eigenvalue weighted by Crippen LogP contribution is 2.45. The van der Waals surface area contributed by atoms with E-state index in [1.807, 2.05) is 20.8 Å². The number of carboxylic acids is 1. The number of likely N-dealkylation sites (tertiary alicyclic amines) is 1. The fourth-order valence-electron chi connectivity index (χ4n) is 2.57. The monoisotopic (exact) mass is 257 g/mol. The molecule has 0 aromatic heterocycles. The van der Waals surface area contributed by atoms with Crippen LogP contribution in [0.2, 0.25) is 0 Å². The first-order valence-electron chi connectivity index (χ1n) is 5.89. The van der Waals surface area contributed by atoms with Gasteiger partial charge < -0.3 is 29.8 Å². The second kappa shape index (κ2) is 4.42. The lowest BCUT2D eigenvalue weighted by molar-refractivity contribution is -0.326. The van der Waals surface area contributed by atoms with Gasteiger partial charge in [-0.25, -0.2) is 0 Å². The van der Waals surface area contributed by atoms with Gasteiger partial charge in [0.25, 0.3) is 0 Å². The molecule has 18 heavy (non-hydrogen) atoms. The molecule has 1 heterocycles. The molecule has 1 amide bonds. The lowest BCUT2D eigenvalue weighted by Gasteiger charge is -2.45. The molecule has 0 saturated carbocycles. The maximum absolute atomic E-state index is 11.5. The summed E-state index contributed by atoms with van der Waals surface area (Å²) in [6.07, 6.45) is -2.76. The molecule has 1 rings (SSSR count). The van der Waals surface area contributed by atoms with Crippen LogP contribution in [0.15, 0.2) is 0 Å². The molecule has 1 fully saturated rings. The van der Waals surface area contributed by atoms with E-state index in [9.17, 15) is 24.9 Å². The third-order valence-corrected chi connectivity index (χ3v) is 4.15. The van der Waals surface area contributed by atoms with Crippen LogP contribution in [0.1, 0.15) is 27.7 Å². The van der Waals surface area contributed by atoms with Gasteiger partial charge in [-0.1, -0.05) is 27.7 Å². The fourth-order valence-corrected chi connectivity index (χ4v) is 2.57. The van der Waals surface area contributed by atoms with Crippen molar-refractivity contribution in [3.63, 3.8) is 0 Å². The molecule has 3 atom stereocenters. The summed E-state index contributed by atoms with van der Waals surface area (Å²) in [6.45, 7) is 6.68. The van der Waals surface area contributed by atoms with Crippen molar-refractivity contribution in [1.82, 2.24) is 4.90 Å². The zero-order valence-corrected chi connectivity index (χ0v) is 11.1. The van der Waals surface area contributed by atoms with Crippen molar-refractivity contribution in [1.29, 1.82) is 0 Å². The van der Waals surface area contributed by atoms with Gasteiger partial charge in [-0.05, 0) is 11.3 Å². The minimum absolute atomic E-state index is 0.253. The summed E-state index contributed by atoms with van der Waals surface area (Å²) in [5.74, 6) is -1.87. The summed E-state index contributed by atoms with van der Waals surface area (Å²) in [6, 6.07) is 0. The summed E-state index contributed by atoms with van der Waals surface area (Å²) >= 11 is 0. The van der Waals surface area contributed by atoms with Gasteiger partial charge in [0.2, 0.25) is 0 Å². The number of aliphatic hydroxyl groups excluding tert-OH is 1. The van der Waals surface area contributed by atoms with E-state index in [-0.39, 0.29) is 13.1 Å². The van der Waals surface area contributed by atoms with E-state index in [1.54, 1.807) is 6.92 Å². The Bertz CT molecular complexity index is 362. The van der Waals surface area contributed by atoms with Crippen LogP contribution in [-0.2, 0) is 4.79 Å². The van der Waals surface area contributed by atoms with Crippen molar-refractivity contribution in [2.75, 3.05) is 13.1 Å². The van der Waals surface area contributed by atoms with E-state index in [2.05, 4.69) is 0 Å². The van der Waals surface area contributed by atoms with Crippen molar-refractivity contribution < 1.29 is 24.9 Å². The summed E-state index contributed by atoms with van der Waals surface area (Å²) in [5.41, 5.74) is -1.98. The van der Waals surface area contributed by atoms with Gasteiger partial charge in [-0.15, -0.1) is 0 Å². The van der Waals surface area contributed by atoms with Gasteiger partial charge in [-0.2, -0.15) is 0 Å². The summed E-state index contributed by atoms with van der Waals surface area (Å²) in [4.78, 5) is 23.1. The quantitative estimate of drug-likeness (QED) is 0.643. The lowest BCUT2D eigenvalue weighted by atomic mass is 9.63. The zero-order chi connectivity index (χ0) is 14.3. The van der Waals surface area contributed by atoms with Crippen LogP contribution in [0.5, 0.6) is 0 Å². The molecule has 0 aromatic carbocycles. The lowest BCUT2D eigenvalue weighted by Crippen LogP contribution is -2.57. The Morgan fingerprint density at radius 3 is 2.17 bits per heavy atom. The molecule has 6 heteroatoms. The van der Waals surface area contributed by atoms with Gasteiger partial charge >= 0.3 is 0 Å². The highest BCUT2D eigenvalue weighted by Gasteiger charge is 2.53. The Morgan fingerprint density at radius 2 is 1.89 bits per heavy atom. The first kappa shape index (κ1) is 14.8. The number of hydrogen-bond acceptors (Lipinski definition) is 5. The Kier molecular flexibility index (Phi) is 3.63. The van der Waals surface area contributed by atoms with Crippen LogP contribution in [-0.4, -0.2) is 41.3 Å². The zero-order valence-electron chi connectivity index (χ0n) is 11.1. The number of amides is 1. The molecule has 1 N–H and O–H groups in total. The van der Waals surface area contributed by atoms with Crippen molar-refractivity contribution in [2.45, 2.75) is 33.8 Å². The first-order chi connectivity index (χ1) is 8.03. The summed E-state index contributed by atoms with van der Waals surface area (Å²) in [7, 11) is 0. The number of hydrogen-bond donors (Lipinski definition) is 1. The molecule has 3 unspecified atom stereocenters. The molecule has 104 valence electrons. The summed E-state index contributed by atoms with van der Waals surface area (Å²) in [5, 5.41) is 32.3. The van der Waals surface area contributed by atoms with Crippen LogP contribution in [0.4, 0.5) is 4.79 Å². The molecular weight excluding hydrogens is 238 g/mol. The Balaban J connectivity index is 3.18. The molecule has 1 aliphatic heterocycles. The predicted octanol–water partition coefficient (Wildman–Crippen LogP) is -1.58. The Hall–Kier alpha value is -1.30. The van der Waals surface area contributed by atoms with E-state index in [0.29, 0.717) is 0 Å². The average Bonchev–Trinajstić information content (AvgIpc) is 2.54. The highest BCUT2D eigenvalue weighted by molar-refractivity contribution is 5.77. The highest BCUT2D eigenvalue weighted by atomic mass is 16.4. The van der Waals surface area contributed by atoms with Gasteiger partial charge in [-0.3, -0.25) is 0 Å². The van der Waals surface area contributed by atoms with Gasteiger partial charge in [0, 0.05) is 13.1 Å². The van der Waals surface area contributed by atoms with Crippen LogP contribution in [0.25, 0.3) is 0 Å². The largest absolute Gasteiger partial charge is 0.549 e. The van der Waals surface area contributed by atoms with E-state index in [0.717, 1.165) is 4.90 Å². The molecule has 1 saturated heterocycles. The maximum atomic E-state index is 11.5. The molecule has 6 nitrogen and oxygen atoms in total. The molecule has 0 aromatic rings. The minimum Gasteiger partial charge on any atom is -0.549 e. The molecule has 0 radical (unpaired) electrons. The fraction of sp³-hybridized carbons (Fsp3) is 0.833. The van der Waals surface area contributed by atoms with Crippen molar-refractivity contribution in [3.8, 4) is 0 Å². The Labute approximate surface area is 106 Å². The van der Waals surface area contributed by atoms with E-state index in [1.165, 1.54) is 0 Å². The van der Waals surface area contributed by atoms with E-state index >= 15 is 0 Å². The molecule has 0 spiro atoms. The normalized spacial score (nSPS) is 30.3. The third-order valence-electron chi connectivity index (χ3n) is 4.15. The van der Waals surface area contributed by atoms with Crippen molar-refractivity contribution in [2.24, 2.45) is 16.7 Å². The number of carbonyl (C=O) groups excluding carboxylic acids is 2. The SMILES string of the molecule is CC(C(C)(C)C)C1(C(=O)[O-])CN(C(=O)[O-])CC1O. The van der Waals surface area contributed by atoms with Gasteiger partial charge in [0.05, 0.1) is 17.5 Å². The number of carbonyl (C=O) groups is 2. The molecular formula is C12H19NO5-2. The van der Waals surface area contributed by atoms with Crippen molar-refractivity contribution in [3.05, 3.63) is 0 Å². The average molecular weight is 257 g/mol. The predicted molar refractivity (Wildman–Crippen MR) is 59.0 cm³/mol. The number of aliphatic hydroxyl groups is 1. The van der Waals surface area contributed by atoms with Crippen LogP contribution in [0, 0.1) is 16.7 Å². The standard InChI is InChI=1S/C12H21NO5/c1-7(11(2,3)4)12(9(15)16)6-13(10(17)18)5-8(12)14/h7-8,14H,5-6H2,1-4H3,(H,15,16)(H,17,18)/p-2. The van der Waals surface area contributed by atoms with Gasteiger partial charge in [0.15, 0.2) is 0 Å². The number of nitrogens with zero attached hydrogens (tertiary/aromatic N) is 1. The van der Waals surface area contributed by atoms with E-state index in [4.69, 9.17) is 0 Å². The number of carboxylic acid groups (broad SMARTS) is 2. The van der Waals surface area contributed by atoms with E-state index < -0.39 is 34.9 Å². The van der Waals surface area contributed by atoms with Crippen LogP contribution < -0.4 is 10.2 Å². The topological polar surface area (TPSA) is 104 Å². The van der Waals surface area contributed by atoms with Crippen LogP contribution >= 0.6 is 0 Å². The Morgan fingerprint density at radius 1 is 1.39 bits per heavy atom. The molecule has 0 bridgehead atoms. The molecule has 1 aliphatic rings.